The maximum absolute atomic E-state index is 9.21. The zero-order chi connectivity index (χ0) is 13.0. The molecule has 0 unspecified atom stereocenters. The van der Waals surface area contributed by atoms with Crippen molar-refractivity contribution in [1.82, 2.24) is 0 Å². The Morgan fingerprint density at radius 3 is 2.28 bits per heavy atom. The van der Waals surface area contributed by atoms with Gasteiger partial charge in [0.2, 0.25) is 0 Å². The third-order valence-corrected chi connectivity index (χ3v) is 2.77. The van der Waals surface area contributed by atoms with Crippen LogP contribution < -0.4 is 4.74 Å². The third kappa shape index (κ3) is 3.01. The van der Waals surface area contributed by atoms with Crippen LogP contribution >= 0.6 is 11.6 Å². The molecule has 2 aromatic rings. The van der Waals surface area contributed by atoms with E-state index in [-0.39, 0.29) is 13.2 Å². The molecule has 0 aliphatic heterocycles. The molecule has 0 aromatic heterocycles. The Kier molecular flexibility index (Phi) is 4.20. The standard InChI is InChI=1S/C14H13ClO3/c15-12-4-3-11(9-17)14(7-12)18-13-5-1-10(8-16)2-6-13/h1-7,16-17H,8-9H2. The van der Waals surface area contributed by atoms with Crippen molar-refractivity contribution < 1.29 is 14.9 Å². The molecule has 0 radical (unpaired) electrons. The lowest BCUT2D eigenvalue weighted by Gasteiger charge is -2.10. The number of aliphatic hydroxyl groups is 2. The van der Waals surface area contributed by atoms with Gasteiger partial charge in [-0.25, -0.2) is 0 Å². The van der Waals surface area contributed by atoms with Gasteiger partial charge in [-0.3, -0.25) is 0 Å². The molecule has 0 amide bonds. The summed E-state index contributed by atoms with van der Waals surface area (Å²) in [6.45, 7) is -0.111. The summed E-state index contributed by atoms with van der Waals surface area (Å²) in [5.41, 5.74) is 1.49. The summed E-state index contributed by atoms with van der Waals surface area (Å²) in [5.74, 6) is 1.16. The molecule has 0 bridgehead atoms. The molecule has 0 fully saturated rings. The van der Waals surface area contributed by atoms with Gasteiger partial charge in [-0.2, -0.15) is 0 Å². The van der Waals surface area contributed by atoms with Crippen molar-refractivity contribution >= 4 is 11.6 Å². The van der Waals surface area contributed by atoms with Crippen molar-refractivity contribution in [3.63, 3.8) is 0 Å². The van der Waals surface area contributed by atoms with Gasteiger partial charge in [0.25, 0.3) is 0 Å². The first-order valence-corrected chi connectivity index (χ1v) is 5.87. The highest BCUT2D eigenvalue weighted by Gasteiger charge is 2.05. The normalized spacial score (nSPS) is 10.4. The fourth-order valence-electron chi connectivity index (χ4n) is 1.54. The molecule has 18 heavy (non-hydrogen) atoms. The molecule has 2 rings (SSSR count). The van der Waals surface area contributed by atoms with E-state index >= 15 is 0 Å². The van der Waals surface area contributed by atoms with E-state index < -0.39 is 0 Å². The van der Waals surface area contributed by atoms with Crippen LogP contribution in [0.4, 0.5) is 0 Å². The SMILES string of the molecule is OCc1ccc(Oc2cc(Cl)ccc2CO)cc1. The molecule has 0 aliphatic carbocycles. The van der Waals surface area contributed by atoms with E-state index in [0.717, 1.165) is 5.56 Å². The molecule has 0 spiro atoms. The average molecular weight is 265 g/mol. The van der Waals surface area contributed by atoms with Gasteiger partial charge in [-0.1, -0.05) is 29.8 Å². The second-order valence-corrected chi connectivity index (χ2v) is 4.25. The minimum atomic E-state index is -0.110. The minimum absolute atomic E-state index is 0.000660. The molecule has 0 saturated carbocycles. The Hall–Kier alpha value is -1.55. The third-order valence-electron chi connectivity index (χ3n) is 2.53. The number of hydrogen-bond donors (Lipinski definition) is 2. The lowest BCUT2D eigenvalue weighted by molar-refractivity contribution is 0.276. The van der Waals surface area contributed by atoms with E-state index in [1.807, 2.05) is 0 Å². The van der Waals surface area contributed by atoms with Crippen LogP contribution in [0.5, 0.6) is 11.5 Å². The van der Waals surface area contributed by atoms with Crippen LogP contribution in [-0.4, -0.2) is 10.2 Å². The molecular weight excluding hydrogens is 252 g/mol. The maximum atomic E-state index is 9.21. The van der Waals surface area contributed by atoms with Crippen LogP contribution in [0.15, 0.2) is 42.5 Å². The fraction of sp³-hybridized carbons (Fsp3) is 0.143. The Morgan fingerprint density at radius 1 is 0.944 bits per heavy atom. The van der Waals surface area contributed by atoms with Crippen molar-refractivity contribution in [2.75, 3.05) is 0 Å². The quantitative estimate of drug-likeness (QED) is 0.892. The first kappa shape index (κ1) is 12.9. The van der Waals surface area contributed by atoms with E-state index in [1.165, 1.54) is 0 Å². The molecule has 0 aliphatic rings. The largest absolute Gasteiger partial charge is 0.457 e. The first-order chi connectivity index (χ1) is 8.72. The summed E-state index contributed by atoms with van der Waals surface area (Å²) in [4.78, 5) is 0. The molecule has 0 saturated heterocycles. The molecule has 2 N–H and O–H groups in total. The van der Waals surface area contributed by atoms with Crippen molar-refractivity contribution in [1.29, 1.82) is 0 Å². The molecule has 94 valence electrons. The molecule has 4 heteroatoms. The van der Waals surface area contributed by atoms with Gasteiger partial charge >= 0.3 is 0 Å². The van der Waals surface area contributed by atoms with Crippen molar-refractivity contribution in [2.24, 2.45) is 0 Å². The van der Waals surface area contributed by atoms with E-state index in [4.69, 9.17) is 21.4 Å². The first-order valence-electron chi connectivity index (χ1n) is 5.50. The highest BCUT2D eigenvalue weighted by Crippen LogP contribution is 2.28. The summed E-state index contributed by atoms with van der Waals surface area (Å²) in [6, 6.07) is 12.2. The van der Waals surface area contributed by atoms with Gasteiger partial charge in [-0.05, 0) is 29.8 Å². The van der Waals surface area contributed by atoms with Crippen LogP contribution in [0, 0.1) is 0 Å². The summed E-state index contributed by atoms with van der Waals surface area (Å²) < 4.78 is 5.65. The zero-order valence-corrected chi connectivity index (χ0v) is 10.4. The number of hydrogen-bond acceptors (Lipinski definition) is 3. The van der Waals surface area contributed by atoms with Gasteiger partial charge in [0.1, 0.15) is 11.5 Å². The van der Waals surface area contributed by atoms with E-state index in [2.05, 4.69) is 0 Å². The maximum Gasteiger partial charge on any atom is 0.134 e. The van der Waals surface area contributed by atoms with Gasteiger partial charge < -0.3 is 14.9 Å². The second kappa shape index (κ2) is 5.87. The van der Waals surface area contributed by atoms with Crippen LogP contribution in [-0.2, 0) is 13.2 Å². The average Bonchev–Trinajstić information content (AvgIpc) is 2.40. The number of ether oxygens (including phenoxy) is 1. The summed E-state index contributed by atoms with van der Waals surface area (Å²) in [7, 11) is 0. The van der Waals surface area contributed by atoms with Crippen LogP contribution in [0.2, 0.25) is 5.02 Å². The summed E-state index contributed by atoms with van der Waals surface area (Å²) >= 11 is 5.89. The molecule has 2 aromatic carbocycles. The molecule has 3 nitrogen and oxygen atoms in total. The van der Waals surface area contributed by atoms with Crippen molar-refractivity contribution in [3.05, 3.63) is 58.6 Å². The Morgan fingerprint density at radius 2 is 1.67 bits per heavy atom. The Labute approximate surface area is 110 Å². The highest BCUT2D eigenvalue weighted by atomic mass is 35.5. The van der Waals surface area contributed by atoms with Gasteiger partial charge in [0.15, 0.2) is 0 Å². The van der Waals surface area contributed by atoms with Gasteiger partial charge in [0.05, 0.1) is 13.2 Å². The van der Waals surface area contributed by atoms with Crippen molar-refractivity contribution in [3.8, 4) is 11.5 Å². The van der Waals surface area contributed by atoms with E-state index in [9.17, 15) is 5.11 Å². The van der Waals surface area contributed by atoms with E-state index in [1.54, 1.807) is 42.5 Å². The topological polar surface area (TPSA) is 49.7 Å². The monoisotopic (exact) mass is 264 g/mol. The van der Waals surface area contributed by atoms with Crippen LogP contribution in [0.3, 0.4) is 0 Å². The van der Waals surface area contributed by atoms with Crippen LogP contribution in [0.1, 0.15) is 11.1 Å². The highest BCUT2D eigenvalue weighted by molar-refractivity contribution is 6.30. The number of aliphatic hydroxyl groups excluding tert-OH is 2. The second-order valence-electron chi connectivity index (χ2n) is 3.81. The summed E-state index contributed by atoms with van der Waals surface area (Å²) in [6.07, 6.45) is 0. The number of rotatable bonds is 4. The zero-order valence-electron chi connectivity index (χ0n) is 9.64. The predicted octanol–water partition coefficient (Wildman–Crippen LogP) is 3.12. The Bertz CT molecular complexity index is 523. The molecule has 0 heterocycles. The van der Waals surface area contributed by atoms with Crippen molar-refractivity contribution in [2.45, 2.75) is 13.2 Å². The van der Waals surface area contributed by atoms with E-state index in [0.29, 0.717) is 22.1 Å². The van der Waals surface area contributed by atoms with Gasteiger partial charge in [-0.15, -0.1) is 0 Å². The fourth-order valence-corrected chi connectivity index (χ4v) is 1.71. The lowest BCUT2D eigenvalue weighted by atomic mass is 10.2. The molecular formula is C14H13ClO3. The number of halogens is 1. The van der Waals surface area contributed by atoms with Gasteiger partial charge in [0, 0.05) is 10.6 Å². The predicted molar refractivity (Wildman–Crippen MR) is 69.8 cm³/mol. The smallest absolute Gasteiger partial charge is 0.134 e. The minimum Gasteiger partial charge on any atom is -0.457 e. The Balaban J connectivity index is 2.24. The number of benzene rings is 2. The van der Waals surface area contributed by atoms with Crippen LogP contribution in [0.25, 0.3) is 0 Å². The molecule has 0 atom stereocenters. The summed E-state index contributed by atoms with van der Waals surface area (Å²) in [5, 5.41) is 18.7. The lowest BCUT2D eigenvalue weighted by Crippen LogP contribution is -1.92.